The number of halogens is 2. The average molecular weight is 350 g/mol. The molecule has 0 saturated carbocycles. The number of amides is 1. The predicted molar refractivity (Wildman–Crippen MR) is 74.2 cm³/mol. The largest absolute Gasteiger partial charge is 0.311 e. The van der Waals surface area contributed by atoms with Crippen molar-refractivity contribution in [2.45, 2.75) is 13.3 Å². The molecule has 1 aliphatic rings. The van der Waals surface area contributed by atoms with Gasteiger partial charge in [-0.25, -0.2) is 0 Å². The highest BCUT2D eigenvalue weighted by Crippen LogP contribution is 2.33. The fourth-order valence-electron chi connectivity index (χ4n) is 2.25. The molecular weight excluding hydrogens is 337 g/mol. The molecule has 104 valence electrons. The van der Waals surface area contributed by atoms with Crippen molar-refractivity contribution in [2.24, 2.45) is 5.92 Å². The first-order chi connectivity index (χ1) is 8.78. The van der Waals surface area contributed by atoms with Crippen molar-refractivity contribution in [1.29, 1.82) is 0 Å². The van der Waals surface area contributed by atoms with E-state index >= 15 is 0 Å². The van der Waals surface area contributed by atoms with Crippen LogP contribution in [0.15, 0.2) is 22.7 Å². The standard InChI is InChI=1S/C12H13BrFNO3S/c1-8-3-2-4-10(12(8)13)15-6-9(5-11(15)16)7-19(14,17)18/h2-4,9H,5-7H2,1H3. The quantitative estimate of drug-likeness (QED) is 0.787. The van der Waals surface area contributed by atoms with Gasteiger partial charge in [-0.3, -0.25) is 4.79 Å². The molecule has 0 aliphatic carbocycles. The van der Waals surface area contributed by atoms with Crippen LogP contribution in [0.2, 0.25) is 0 Å². The van der Waals surface area contributed by atoms with Gasteiger partial charge in [-0.1, -0.05) is 12.1 Å². The molecule has 1 heterocycles. The van der Waals surface area contributed by atoms with Crippen molar-refractivity contribution in [1.82, 2.24) is 0 Å². The maximum atomic E-state index is 12.7. The van der Waals surface area contributed by atoms with Gasteiger partial charge >= 0.3 is 10.2 Å². The molecular formula is C12H13BrFNO3S. The first-order valence-corrected chi connectivity index (χ1v) is 8.10. The Labute approximate surface area is 119 Å². The SMILES string of the molecule is Cc1cccc(N2CC(CS(=O)(=O)F)CC2=O)c1Br. The maximum Gasteiger partial charge on any atom is 0.302 e. The van der Waals surface area contributed by atoms with Gasteiger partial charge in [0.15, 0.2) is 0 Å². The third-order valence-electron chi connectivity index (χ3n) is 3.10. The van der Waals surface area contributed by atoms with E-state index in [0.29, 0.717) is 5.69 Å². The molecule has 1 atom stereocenters. The monoisotopic (exact) mass is 349 g/mol. The van der Waals surface area contributed by atoms with Crippen molar-refractivity contribution in [2.75, 3.05) is 17.2 Å². The third kappa shape index (κ3) is 3.33. The number of hydrogen-bond donors (Lipinski definition) is 0. The zero-order valence-electron chi connectivity index (χ0n) is 10.3. The van der Waals surface area contributed by atoms with Gasteiger partial charge in [0.1, 0.15) is 0 Å². The minimum atomic E-state index is -4.55. The van der Waals surface area contributed by atoms with E-state index in [1.54, 1.807) is 6.07 Å². The molecule has 19 heavy (non-hydrogen) atoms. The Morgan fingerprint density at radius 1 is 1.47 bits per heavy atom. The molecule has 1 fully saturated rings. The summed E-state index contributed by atoms with van der Waals surface area (Å²) in [4.78, 5) is 13.4. The lowest BCUT2D eigenvalue weighted by Gasteiger charge is -2.19. The molecule has 1 unspecified atom stereocenters. The number of aryl methyl sites for hydroxylation is 1. The van der Waals surface area contributed by atoms with E-state index in [2.05, 4.69) is 15.9 Å². The van der Waals surface area contributed by atoms with E-state index in [4.69, 9.17) is 0 Å². The number of hydrogen-bond acceptors (Lipinski definition) is 3. The van der Waals surface area contributed by atoms with Crippen LogP contribution < -0.4 is 4.90 Å². The van der Waals surface area contributed by atoms with Crippen molar-refractivity contribution < 1.29 is 17.1 Å². The highest BCUT2D eigenvalue weighted by Gasteiger charge is 2.34. The summed E-state index contributed by atoms with van der Waals surface area (Å²) in [6, 6.07) is 5.50. The smallest absolute Gasteiger partial charge is 0.302 e. The van der Waals surface area contributed by atoms with E-state index < -0.39 is 21.9 Å². The van der Waals surface area contributed by atoms with Crippen molar-refractivity contribution >= 4 is 37.7 Å². The summed E-state index contributed by atoms with van der Waals surface area (Å²) in [5.74, 6) is -1.27. The Kier molecular flexibility index (Phi) is 3.96. The second-order valence-electron chi connectivity index (χ2n) is 4.69. The predicted octanol–water partition coefficient (Wildman–Crippen LogP) is 2.41. The van der Waals surface area contributed by atoms with Gasteiger partial charge in [0, 0.05) is 23.4 Å². The van der Waals surface area contributed by atoms with Crippen LogP contribution in [0.25, 0.3) is 0 Å². The van der Waals surface area contributed by atoms with Gasteiger partial charge < -0.3 is 4.90 Å². The molecule has 2 rings (SSSR count). The van der Waals surface area contributed by atoms with Crippen molar-refractivity contribution in [3.63, 3.8) is 0 Å². The summed E-state index contributed by atoms with van der Waals surface area (Å²) in [5.41, 5.74) is 1.68. The van der Waals surface area contributed by atoms with Crippen LogP contribution in [0, 0.1) is 12.8 Å². The fourth-order valence-corrected chi connectivity index (χ4v) is 3.51. The van der Waals surface area contributed by atoms with Gasteiger partial charge in [-0.2, -0.15) is 8.42 Å². The van der Waals surface area contributed by atoms with Crippen LogP contribution in [0.5, 0.6) is 0 Å². The second kappa shape index (κ2) is 5.20. The lowest BCUT2D eigenvalue weighted by Crippen LogP contribution is -2.25. The van der Waals surface area contributed by atoms with Crippen LogP contribution in [0.3, 0.4) is 0 Å². The molecule has 1 aromatic carbocycles. The van der Waals surface area contributed by atoms with E-state index in [1.807, 2.05) is 19.1 Å². The molecule has 1 aliphatic heterocycles. The Balaban J connectivity index is 2.23. The molecule has 0 N–H and O–H groups in total. The molecule has 0 spiro atoms. The summed E-state index contributed by atoms with van der Waals surface area (Å²) in [5, 5.41) is 0. The van der Waals surface area contributed by atoms with Gasteiger partial charge in [-0.05, 0) is 34.5 Å². The van der Waals surface area contributed by atoms with Gasteiger partial charge in [-0.15, -0.1) is 3.89 Å². The van der Waals surface area contributed by atoms with Crippen LogP contribution >= 0.6 is 15.9 Å². The Bertz CT molecular complexity index is 617. The number of nitrogens with zero attached hydrogens (tertiary/aromatic N) is 1. The molecule has 0 aromatic heterocycles. The van der Waals surface area contributed by atoms with Crippen LogP contribution in [-0.2, 0) is 15.0 Å². The summed E-state index contributed by atoms with van der Waals surface area (Å²) < 4.78 is 34.8. The molecule has 1 saturated heterocycles. The first kappa shape index (κ1) is 14.5. The second-order valence-corrected chi connectivity index (χ2v) is 6.89. The molecule has 7 heteroatoms. The van der Waals surface area contributed by atoms with E-state index in [0.717, 1.165) is 10.0 Å². The molecule has 1 amide bonds. The lowest BCUT2D eigenvalue weighted by atomic mass is 10.1. The number of carbonyl (C=O) groups is 1. The number of benzene rings is 1. The summed E-state index contributed by atoms with van der Waals surface area (Å²) >= 11 is 3.41. The van der Waals surface area contributed by atoms with E-state index in [9.17, 15) is 17.1 Å². The Morgan fingerprint density at radius 3 is 2.79 bits per heavy atom. The third-order valence-corrected chi connectivity index (χ3v) is 5.00. The summed E-state index contributed by atoms with van der Waals surface area (Å²) in [6.45, 7) is 2.13. The Hall–Kier alpha value is -0.950. The highest BCUT2D eigenvalue weighted by atomic mass is 79.9. The molecule has 0 bridgehead atoms. The number of rotatable bonds is 3. The molecule has 0 radical (unpaired) electrons. The number of carbonyl (C=O) groups excluding carboxylic acids is 1. The average Bonchev–Trinajstić information content (AvgIpc) is 2.61. The van der Waals surface area contributed by atoms with E-state index in [1.165, 1.54) is 4.90 Å². The minimum Gasteiger partial charge on any atom is -0.311 e. The summed E-state index contributed by atoms with van der Waals surface area (Å²) in [6.07, 6.45) is 0.0591. The van der Waals surface area contributed by atoms with Crippen molar-refractivity contribution in [3.05, 3.63) is 28.2 Å². The number of anilines is 1. The minimum absolute atomic E-state index is 0.0591. The summed E-state index contributed by atoms with van der Waals surface area (Å²) in [7, 11) is -4.55. The van der Waals surface area contributed by atoms with Crippen LogP contribution in [0.1, 0.15) is 12.0 Å². The highest BCUT2D eigenvalue weighted by molar-refractivity contribution is 9.10. The fraction of sp³-hybridized carbons (Fsp3) is 0.417. The van der Waals surface area contributed by atoms with Crippen LogP contribution in [-0.4, -0.2) is 26.6 Å². The maximum absolute atomic E-state index is 12.7. The molecule has 4 nitrogen and oxygen atoms in total. The van der Waals surface area contributed by atoms with Gasteiger partial charge in [0.05, 0.1) is 11.4 Å². The topological polar surface area (TPSA) is 54.5 Å². The van der Waals surface area contributed by atoms with Gasteiger partial charge in [0.25, 0.3) is 0 Å². The first-order valence-electron chi connectivity index (χ1n) is 5.76. The Morgan fingerprint density at radius 2 is 2.16 bits per heavy atom. The van der Waals surface area contributed by atoms with E-state index in [-0.39, 0.29) is 18.9 Å². The molecule has 1 aromatic rings. The van der Waals surface area contributed by atoms with Gasteiger partial charge in [0.2, 0.25) is 5.91 Å². The normalized spacial score (nSPS) is 20.1. The van der Waals surface area contributed by atoms with Crippen LogP contribution in [0.4, 0.5) is 9.57 Å². The zero-order chi connectivity index (χ0) is 14.2. The van der Waals surface area contributed by atoms with Crippen molar-refractivity contribution in [3.8, 4) is 0 Å². The lowest BCUT2D eigenvalue weighted by molar-refractivity contribution is -0.117. The zero-order valence-corrected chi connectivity index (χ0v) is 12.7.